The molecule has 0 unspecified atom stereocenters. The first-order valence-corrected chi connectivity index (χ1v) is 4.39. The average molecular weight is 196 g/mol. The van der Waals surface area contributed by atoms with Gasteiger partial charge in [-0.1, -0.05) is 0 Å². The lowest BCUT2D eigenvalue weighted by Crippen LogP contribution is -2.38. The van der Waals surface area contributed by atoms with Crippen LogP contribution in [0.4, 0.5) is 0 Å². The summed E-state index contributed by atoms with van der Waals surface area (Å²) < 4.78 is 0. The van der Waals surface area contributed by atoms with E-state index >= 15 is 0 Å². The number of nitrogens with one attached hydrogen (secondary N) is 1. The number of thiol groups is 1. The van der Waals surface area contributed by atoms with E-state index in [1.165, 1.54) is 6.20 Å². The molecule has 3 nitrogen and oxygen atoms in total. The number of hydrogen-bond acceptors (Lipinski definition) is 3. The van der Waals surface area contributed by atoms with E-state index in [0.29, 0.717) is 5.56 Å². The number of pyridine rings is 1. The van der Waals surface area contributed by atoms with E-state index in [9.17, 15) is 4.79 Å². The summed E-state index contributed by atoms with van der Waals surface area (Å²) >= 11 is 4.19. The highest BCUT2D eigenvalue weighted by atomic mass is 32.1. The van der Waals surface area contributed by atoms with Crippen LogP contribution in [0.25, 0.3) is 0 Å². The molecule has 0 radical (unpaired) electrons. The van der Waals surface area contributed by atoms with Gasteiger partial charge in [0.05, 0.1) is 10.4 Å². The lowest BCUT2D eigenvalue weighted by Gasteiger charge is -2.19. The SMILES string of the molecule is CC(C)(S)NC(=O)c1cccnc1. The highest BCUT2D eigenvalue weighted by Crippen LogP contribution is 2.08. The van der Waals surface area contributed by atoms with Crippen LogP contribution in [-0.2, 0) is 0 Å². The maximum Gasteiger partial charge on any atom is 0.253 e. The van der Waals surface area contributed by atoms with E-state index in [-0.39, 0.29) is 5.91 Å². The molecular formula is C9H12N2OS. The molecule has 13 heavy (non-hydrogen) atoms. The van der Waals surface area contributed by atoms with Crippen LogP contribution in [0.3, 0.4) is 0 Å². The highest BCUT2D eigenvalue weighted by Gasteiger charge is 2.15. The zero-order valence-electron chi connectivity index (χ0n) is 7.61. The molecule has 0 spiro atoms. The first kappa shape index (κ1) is 10.1. The van der Waals surface area contributed by atoms with Crippen LogP contribution in [0.1, 0.15) is 24.2 Å². The van der Waals surface area contributed by atoms with Crippen molar-refractivity contribution in [3.8, 4) is 0 Å². The van der Waals surface area contributed by atoms with Crippen molar-refractivity contribution < 1.29 is 4.79 Å². The molecule has 1 aromatic heterocycles. The molecule has 0 aliphatic heterocycles. The molecule has 0 saturated heterocycles. The minimum Gasteiger partial charge on any atom is -0.338 e. The van der Waals surface area contributed by atoms with Crippen LogP contribution in [0.5, 0.6) is 0 Å². The molecule has 0 aliphatic rings. The predicted molar refractivity (Wildman–Crippen MR) is 54.8 cm³/mol. The first-order chi connectivity index (χ1) is 5.99. The van der Waals surface area contributed by atoms with Gasteiger partial charge in [-0.15, -0.1) is 0 Å². The zero-order chi connectivity index (χ0) is 9.90. The summed E-state index contributed by atoms with van der Waals surface area (Å²) in [6.45, 7) is 3.62. The third kappa shape index (κ3) is 3.46. The average Bonchev–Trinajstić information content (AvgIpc) is 2.03. The molecule has 0 bridgehead atoms. The molecular weight excluding hydrogens is 184 g/mol. The second-order valence-corrected chi connectivity index (χ2v) is 4.37. The molecule has 1 heterocycles. The van der Waals surface area contributed by atoms with Crippen molar-refractivity contribution in [1.82, 2.24) is 10.3 Å². The smallest absolute Gasteiger partial charge is 0.253 e. The van der Waals surface area contributed by atoms with Crippen molar-refractivity contribution in [3.05, 3.63) is 30.1 Å². The van der Waals surface area contributed by atoms with Crippen molar-refractivity contribution in [2.75, 3.05) is 0 Å². The van der Waals surface area contributed by atoms with Crippen molar-refractivity contribution in [2.45, 2.75) is 18.7 Å². The van der Waals surface area contributed by atoms with Gasteiger partial charge in [0.1, 0.15) is 0 Å². The number of hydrogen-bond donors (Lipinski definition) is 2. The summed E-state index contributed by atoms with van der Waals surface area (Å²) in [7, 11) is 0. The van der Waals surface area contributed by atoms with Crippen molar-refractivity contribution in [1.29, 1.82) is 0 Å². The van der Waals surface area contributed by atoms with Gasteiger partial charge in [-0.2, -0.15) is 12.6 Å². The Balaban J connectivity index is 2.71. The molecule has 0 atom stereocenters. The Labute approximate surface area is 83.0 Å². The Hall–Kier alpha value is -1.03. The molecule has 1 N–H and O–H groups in total. The van der Waals surface area contributed by atoms with Gasteiger partial charge >= 0.3 is 0 Å². The van der Waals surface area contributed by atoms with Gasteiger partial charge in [-0.05, 0) is 26.0 Å². The minimum absolute atomic E-state index is 0.159. The van der Waals surface area contributed by atoms with Crippen LogP contribution in [0.2, 0.25) is 0 Å². The lowest BCUT2D eigenvalue weighted by atomic mass is 10.2. The van der Waals surface area contributed by atoms with Gasteiger partial charge in [-0.3, -0.25) is 9.78 Å². The molecule has 1 amide bonds. The van der Waals surface area contributed by atoms with Gasteiger partial charge in [0.25, 0.3) is 5.91 Å². The summed E-state index contributed by atoms with van der Waals surface area (Å²) in [5.74, 6) is -0.159. The number of rotatable bonds is 2. The summed E-state index contributed by atoms with van der Waals surface area (Å²) in [5.41, 5.74) is 0.546. The maximum absolute atomic E-state index is 11.5. The number of carbonyl (C=O) groups excluding carboxylic acids is 1. The molecule has 0 aromatic carbocycles. The fourth-order valence-corrected chi connectivity index (χ4v) is 0.949. The number of carbonyl (C=O) groups is 1. The van der Waals surface area contributed by atoms with Gasteiger partial charge in [0.15, 0.2) is 0 Å². The number of aromatic nitrogens is 1. The largest absolute Gasteiger partial charge is 0.338 e. The van der Waals surface area contributed by atoms with Crippen molar-refractivity contribution in [2.24, 2.45) is 0 Å². The topological polar surface area (TPSA) is 42.0 Å². The highest BCUT2D eigenvalue weighted by molar-refractivity contribution is 7.81. The van der Waals surface area contributed by atoms with Crippen LogP contribution in [0.15, 0.2) is 24.5 Å². The van der Waals surface area contributed by atoms with Crippen LogP contribution in [0, 0.1) is 0 Å². The molecule has 1 aromatic rings. The molecule has 1 rings (SSSR count). The number of amides is 1. The minimum atomic E-state index is -0.507. The summed E-state index contributed by atoms with van der Waals surface area (Å²) in [6, 6.07) is 3.43. The number of nitrogens with zero attached hydrogens (tertiary/aromatic N) is 1. The molecule has 70 valence electrons. The Bertz CT molecular complexity index is 292. The fourth-order valence-electron chi connectivity index (χ4n) is 0.847. The van der Waals surface area contributed by atoms with Crippen LogP contribution >= 0.6 is 12.6 Å². The zero-order valence-corrected chi connectivity index (χ0v) is 8.51. The Kier molecular flexibility index (Phi) is 2.93. The lowest BCUT2D eigenvalue weighted by molar-refractivity contribution is 0.0937. The molecule has 0 saturated carbocycles. The van der Waals surface area contributed by atoms with E-state index in [1.807, 2.05) is 13.8 Å². The molecule has 0 fully saturated rings. The summed E-state index contributed by atoms with van der Waals surface area (Å²) in [4.78, 5) is 14.8. The normalized spacial score (nSPS) is 11.0. The second kappa shape index (κ2) is 3.79. The third-order valence-corrected chi connectivity index (χ3v) is 1.45. The van der Waals surface area contributed by atoms with Crippen molar-refractivity contribution in [3.63, 3.8) is 0 Å². The van der Waals surface area contributed by atoms with E-state index in [0.717, 1.165) is 0 Å². The van der Waals surface area contributed by atoms with Gasteiger partial charge in [0, 0.05) is 12.4 Å². The molecule has 4 heteroatoms. The van der Waals surface area contributed by atoms with E-state index in [2.05, 4.69) is 22.9 Å². The quantitative estimate of drug-likeness (QED) is 0.555. The van der Waals surface area contributed by atoms with E-state index in [1.54, 1.807) is 18.3 Å². The van der Waals surface area contributed by atoms with E-state index in [4.69, 9.17) is 0 Å². The standard InChI is InChI=1S/C9H12N2OS/c1-9(2,13)11-8(12)7-4-3-5-10-6-7/h3-6,13H,1-2H3,(H,11,12). The summed E-state index contributed by atoms with van der Waals surface area (Å²) in [6.07, 6.45) is 3.15. The van der Waals surface area contributed by atoms with E-state index < -0.39 is 4.87 Å². The van der Waals surface area contributed by atoms with Gasteiger partial charge < -0.3 is 5.32 Å². The predicted octanol–water partition coefficient (Wildman–Crippen LogP) is 1.48. The van der Waals surface area contributed by atoms with Gasteiger partial charge in [0.2, 0.25) is 0 Å². The van der Waals surface area contributed by atoms with Crippen molar-refractivity contribution >= 4 is 18.5 Å². The Morgan fingerprint density at radius 1 is 1.62 bits per heavy atom. The van der Waals surface area contributed by atoms with Crippen LogP contribution < -0.4 is 5.32 Å². The van der Waals surface area contributed by atoms with Gasteiger partial charge in [-0.25, -0.2) is 0 Å². The fraction of sp³-hybridized carbons (Fsp3) is 0.333. The Morgan fingerprint density at radius 3 is 2.77 bits per heavy atom. The Morgan fingerprint density at radius 2 is 2.31 bits per heavy atom. The third-order valence-electron chi connectivity index (χ3n) is 1.34. The maximum atomic E-state index is 11.5. The monoisotopic (exact) mass is 196 g/mol. The second-order valence-electron chi connectivity index (χ2n) is 3.25. The van der Waals surface area contributed by atoms with Crippen LogP contribution in [-0.4, -0.2) is 15.8 Å². The summed E-state index contributed by atoms with van der Waals surface area (Å²) in [5, 5.41) is 2.72. The molecule has 0 aliphatic carbocycles. The first-order valence-electron chi connectivity index (χ1n) is 3.94.